The summed E-state index contributed by atoms with van der Waals surface area (Å²) in [5.41, 5.74) is 1.54. The summed E-state index contributed by atoms with van der Waals surface area (Å²) >= 11 is 5.77. The van der Waals surface area contributed by atoms with Gasteiger partial charge < -0.3 is 0 Å². The lowest BCUT2D eigenvalue weighted by Crippen LogP contribution is -2.30. The molecule has 0 N–H and O–H groups in total. The quantitative estimate of drug-likeness (QED) is 0.612. The molecule has 1 atom stereocenters. The zero-order valence-electron chi connectivity index (χ0n) is 12.8. The first-order valence-electron chi connectivity index (χ1n) is 7.32. The van der Waals surface area contributed by atoms with Crippen molar-refractivity contribution in [1.82, 2.24) is 4.31 Å². The number of benzene rings is 2. The summed E-state index contributed by atoms with van der Waals surface area (Å²) < 4.78 is 27.1. The van der Waals surface area contributed by atoms with E-state index >= 15 is 0 Å². The molecule has 2 aromatic carbocycles. The van der Waals surface area contributed by atoms with E-state index in [1.807, 2.05) is 24.3 Å². The molecule has 0 amide bonds. The number of nitro benzene ring substituents is 1. The fraction of sp³-hybridized carbons (Fsp3) is 0.250. The van der Waals surface area contributed by atoms with Gasteiger partial charge in [-0.15, -0.1) is 0 Å². The number of halogens is 1. The molecule has 0 bridgehead atoms. The number of aryl methyl sites for hydroxylation is 1. The molecule has 1 unspecified atom stereocenters. The lowest BCUT2D eigenvalue weighted by molar-refractivity contribution is -0.387. The molecule has 8 heteroatoms. The summed E-state index contributed by atoms with van der Waals surface area (Å²) in [4.78, 5) is 10.2. The molecule has 2 aromatic rings. The molecule has 0 aromatic heterocycles. The smallest absolute Gasteiger partial charge is 0.258 e. The van der Waals surface area contributed by atoms with Crippen molar-refractivity contribution in [1.29, 1.82) is 0 Å². The van der Waals surface area contributed by atoms with Crippen LogP contribution in [0.5, 0.6) is 0 Å². The maximum absolute atomic E-state index is 12.9. The molecule has 0 saturated carbocycles. The predicted octanol–water partition coefficient (Wildman–Crippen LogP) is 3.56. The maximum atomic E-state index is 12.9. The molecule has 0 radical (unpaired) electrons. The Morgan fingerprint density at radius 1 is 1.25 bits per heavy atom. The van der Waals surface area contributed by atoms with E-state index in [4.69, 9.17) is 11.6 Å². The van der Waals surface area contributed by atoms with Crippen LogP contribution in [0.2, 0.25) is 5.02 Å². The van der Waals surface area contributed by atoms with Gasteiger partial charge in [0.05, 0.1) is 11.0 Å². The number of sulfonamides is 1. The standard InChI is InChI=1S/C16H15ClN2O4S/c1-18(14-8-6-11-4-2-3-5-13(11)14)24(22,23)16-9-7-12(17)10-15(16)19(20)21/h2-5,7,9-10,14H,6,8H2,1H3. The molecule has 0 aliphatic heterocycles. The number of hydrogen-bond donors (Lipinski definition) is 0. The van der Waals surface area contributed by atoms with Crippen LogP contribution in [0.25, 0.3) is 0 Å². The highest BCUT2D eigenvalue weighted by Gasteiger charge is 2.36. The van der Waals surface area contributed by atoms with Crippen molar-refractivity contribution in [3.05, 3.63) is 68.7 Å². The summed E-state index contributed by atoms with van der Waals surface area (Å²) in [5, 5.41) is 11.3. The molecule has 1 aliphatic rings. The molecule has 0 heterocycles. The van der Waals surface area contributed by atoms with Crippen molar-refractivity contribution < 1.29 is 13.3 Å². The number of hydrogen-bond acceptors (Lipinski definition) is 4. The Kier molecular flexibility index (Phi) is 4.33. The molecule has 126 valence electrons. The Balaban J connectivity index is 2.05. The number of nitrogens with zero attached hydrogens (tertiary/aromatic N) is 2. The normalized spacial score (nSPS) is 17.0. The van der Waals surface area contributed by atoms with Gasteiger partial charge in [0.15, 0.2) is 4.90 Å². The SMILES string of the molecule is CN(C1CCc2ccccc21)S(=O)(=O)c1ccc(Cl)cc1[N+](=O)[O-]. The third-order valence-corrected chi connectivity index (χ3v) is 6.46. The van der Waals surface area contributed by atoms with Gasteiger partial charge in [0.1, 0.15) is 0 Å². The molecule has 1 aliphatic carbocycles. The van der Waals surface area contributed by atoms with Crippen LogP contribution in [0.15, 0.2) is 47.4 Å². The van der Waals surface area contributed by atoms with Crippen molar-refractivity contribution in [2.75, 3.05) is 7.05 Å². The highest BCUT2D eigenvalue weighted by atomic mass is 35.5. The minimum atomic E-state index is -4.02. The summed E-state index contributed by atoms with van der Waals surface area (Å²) in [7, 11) is -2.57. The third kappa shape index (κ3) is 2.79. The molecule has 6 nitrogen and oxygen atoms in total. The Hall–Kier alpha value is -1.96. The summed E-state index contributed by atoms with van der Waals surface area (Å²) in [6.45, 7) is 0. The van der Waals surface area contributed by atoms with Crippen LogP contribution in [0.4, 0.5) is 5.69 Å². The van der Waals surface area contributed by atoms with E-state index in [1.165, 1.54) is 23.5 Å². The Morgan fingerprint density at radius 2 is 1.96 bits per heavy atom. The predicted molar refractivity (Wildman–Crippen MR) is 90.6 cm³/mol. The maximum Gasteiger partial charge on any atom is 0.290 e. The van der Waals surface area contributed by atoms with Gasteiger partial charge >= 0.3 is 0 Å². The van der Waals surface area contributed by atoms with E-state index < -0.39 is 20.6 Å². The van der Waals surface area contributed by atoms with Gasteiger partial charge in [0.2, 0.25) is 10.0 Å². The Labute approximate surface area is 144 Å². The van der Waals surface area contributed by atoms with E-state index in [-0.39, 0.29) is 16.0 Å². The van der Waals surface area contributed by atoms with Gasteiger partial charge in [-0.25, -0.2) is 8.42 Å². The first-order valence-corrected chi connectivity index (χ1v) is 9.14. The monoisotopic (exact) mass is 366 g/mol. The molecule has 0 spiro atoms. The van der Waals surface area contributed by atoms with Crippen molar-refractivity contribution in [3.8, 4) is 0 Å². The van der Waals surface area contributed by atoms with Gasteiger partial charge in [0.25, 0.3) is 5.69 Å². The van der Waals surface area contributed by atoms with Crippen LogP contribution >= 0.6 is 11.6 Å². The van der Waals surface area contributed by atoms with Crippen molar-refractivity contribution >= 4 is 27.3 Å². The van der Waals surface area contributed by atoms with Crippen LogP contribution in [-0.2, 0) is 16.4 Å². The number of fused-ring (bicyclic) bond motifs is 1. The Morgan fingerprint density at radius 3 is 2.67 bits per heavy atom. The summed E-state index contributed by atoms with van der Waals surface area (Å²) in [6, 6.07) is 10.9. The first kappa shape index (κ1) is 16.9. The lowest BCUT2D eigenvalue weighted by atomic mass is 10.1. The minimum absolute atomic E-state index is 0.120. The summed E-state index contributed by atoms with van der Waals surface area (Å²) in [6.07, 6.45) is 1.43. The summed E-state index contributed by atoms with van der Waals surface area (Å²) in [5.74, 6) is 0. The topological polar surface area (TPSA) is 80.5 Å². The van der Waals surface area contributed by atoms with Crippen molar-refractivity contribution in [3.63, 3.8) is 0 Å². The molecular formula is C16H15ClN2O4S. The van der Waals surface area contributed by atoms with Crippen LogP contribution in [0.1, 0.15) is 23.6 Å². The van der Waals surface area contributed by atoms with Gasteiger partial charge in [-0.05, 0) is 36.1 Å². The fourth-order valence-electron chi connectivity index (χ4n) is 3.09. The molecule has 24 heavy (non-hydrogen) atoms. The lowest BCUT2D eigenvalue weighted by Gasteiger charge is -2.24. The van der Waals surface area contributed by atoms with Crippen LogP contribution in [0, 0.1) is 10.1 Å². The van der Waals surface area contributed by atoms with Gasteiger partial charge in [-0.1, -0.05) is 35.9 Å². The van der Waals surface area contributed by atoms with E-state index in [2.05, 4.69) is 0 Å². The third-order valence-electron chi connectivity index (χ3n) is 4.31. The van der Waals surface area contributed by atoms with E-state index in [9.17, 15) is 18.5 Å². The Bertz CT molecular complexity index is 914. The van der Waals surface area contributed by atoms with Crippen molar-refractivity contribution in [2.45, 2.75) is 23.8 Å². The zero-order valence-corrected chi connectivity index (χ0v) is 14.4. The van der Waals surface area contributed by atoms with Gasteiger partial charge in [-0.3, -0.25) is 10.1 Å². The second kappa shape index (κ2) is 6.16. The second-order valence-corrected chi connectivity index (χ2v) is 8.05. The first-order chi connectivity index (χ1) is 11.3. The minimum Gasteiger partial charge on any atom is -0.258 e. The molecule has 3 rings (SSSR count). The average Bonchev–Trinajstić information content (AvgIpc) is 2.97. The number of nitro groups is 1. The van der Waals surface area contributed by atoms with Gasteiger partial charge in [-0.2, -0.15) is 4.31 Å². The highest BCUT2D eigenvalue weighted by Crippen LogP contribution is 2.39. The molecule has 0 saturated heterocycles. The van der Waals surface area contributed by atoms with Gasteiger partial charge in [0, 0.05) is 18.1 Å². The highest BCUT2D eigenvalue weighted by molar-refractivity contribution is 7.89. The number of rotatable bonds is 4. The second-order valence-electron chi connectivity index (χ2n) is 5.64. The van der Waals surface area contributed by atoms with E-state index in [0.29, 0.717) is 6.42 Å². The van der Waals surface area contributed by atoms with Crippen molar-refractivity contribution in [2.24, 2.45) is 0 Å². The van der Waals surface area contributed by atoms with E-state index in [1.54, 1.807) is 0 Å². The fourth-order valence-corrected chi connectivity index (χ4v) is 4.75. The largest absolute Gasteiger partial charge is 0.290 e. The molecular weight excluding hydrogens is 352 g/mol. The zero-order chi connectivity index (χ0) is 17.5. The molecule has 0 fully saturated rings. The van der Waals surface area contributed by atoms with Crippen LogP contribution in [0.3, 0.4) is 0 Å². The average molecular weight is 367 g/mol. The van der Waals surface area contributed by atoms with Crippen LogP contribution < -0.4 is 0 Å². The van der Waals surface area contributed by atoms with Crippen LogP contribution in [-0.4, -0.2) is 24.7 Å². The van der Waals surface area contributed by atoms with E-state index in [0.717, 1.165) is 23.6 Å².